The summed E-state index contributed by atoms with van der Waals surface area (Å²) in [7, 11) is -4.55. The van der Waals surface area contributed by atoms with Gasteiger partial charge in [-0.15, -0.1) is 11.8 Å². The second-order valence-electron chi connectivity index (χ2n) is 15.2. The number of thioether (sulfide) groups is 1. The van der Waals surface area contributed by atoms with Gasteiger partial charge in [0, 0.05) is 72.2 Å². The summed E-state index contributed by atoms with van der Waals surface area (Å²) in [5.74, 6) is -0.333. The van der Waals surface area contributed by atoms with Crippen LogP contribution in [0.2, 0.25) is 5.02 Å². The zero-order valence-corrected chi connectivity index (χ0v) is 35.4. The Balaban J connectivity index is 1.19. The van der Waals surface area contributed by atoms with Gasteiger partial charge in [-0.05, 0) is 104 Å². The van der Waals surface area contributed by atoms with Gasteiger partial charge in [-0.1, -0.05) is 66.2 Å². The Kier molecular flexibility index (Phi) is 14.5. The fourth-order valence-electron chi connectivity index (χ4n) is 7.08. The molecule has 1 fully saturated rings. The first-order valence-corrected chi connectivity index (χ1v) is 22.2. The number of nitro groups is 1. The van der Waals surface area contributed by atoms with E-state index in [0.29, 0.717) is 30.3 Å². The van der Waals surface area contributed by atoms with Gasteiger partial charge in [-0.3, -0.25) is 19.8 Å². The van der Waals surface area contributed by atoms with E-state index in [4.69, 9.17) is 16.7 Å². The van der Waals surface area contributed by atoms with Crippen LogP contribution in [0.15, 0.2) is 125 Å². The molecule has 5 N–H and O–H groups in total. The van der Waals surface area contributed by atoms with E-state index in [2.05, 4.69) is 32.6 Å². The van der Waals surface area contributed by atoms with Crippen molar-refractivity contribution in [3.8, 4) is 11.1 Å². The molecule has 0 unspecified atom stereocenters. The van der Waals surface area contributed by atoms with Crippen LogP contribution >= 0.6 is 23.4 Å². The first-order valence-electron chi connectivity index (χ1n) is 19.3. The summed E-state index contributed by atoms with van der Waals surface area (Å²) in [6.07, 6.45) is 0.500. The molecule has 1 heterocycles. The number of carbonyl (C=O) groups excluding carboxylic acids is 1. The molecule has 1 atom stereocenters. The molecule has 0 amide bonds. The molecule has 5 aromatic rings. The Bertz CT molecular complexity index is 2340. The van der Waals surface area contributed by atoms with Crippen molar-refractivity contribution in [2.75, 3.05) is 55.2 Å². The van der Waals surface area contributed by atoms with Crippen LogP contribution < -0.4 is 20.7 Å². The highest BCUT2D eigenvalue weighted by molar-refractivity contribution is 7.99. The predicted octanol–water partition coefficient (Wildman–Crippen LogP) is 7.44. The summed E-state index contributed by atoms with van der Waals surface area (Å²) < 4.78 is 25.7. The molecular formula is C44H49ClN6O6S2. The third-order valence-corrected chi connectivity index (χ3v) is 12.5. The van der Waals surface area contributed by atoms with Gasteiger partial charge < -0.3 is 20.6 Å². The highest BCUT2D eigenvalue weighted by Gasteiger charge is 2.34. The Hall–Kier alpha value is -4.80. The zero-order chi connectivity index (χ0) is 42.2. The highest BCUT2D eigenvalue weighted by Crippen LogP contribution is 2.37. The van der Waals surface area contributed by atoms with E-state index in [1.54, 1.807) is 49.9 Å². The summed E-state index contributed by atoms with van der Waals surface area (Å²) in [5.41, 5.74) is 2.25. The number of aliphatic hydroxyl groups is 1. The smallest absolute Gasteiger partial charge is 0.304 e. The van der Waals surface area contributed by atoms with E-state index >= 15 is 0 Å². The van der Waals surface area contributed by atoms with E-state index in [1.807, 2.05) is 66.7 Å². The zero-order valence-electron chi connectivity index (χ0n) is 33.0. The van der Waals surface area contributed by atoms with Crippen molar-refractivity contribution < 1.29 is 23.2 Å². The molecule has 59 heavy (non-hydrogen) atoms. The van der Waals surface area contributed by atoms with Crippen LogP contribution in [0.4, 0.5) is 17.1 Å². The first-order chi connectivity index (χ1) is 28.2. The van der Waals surface area contributed by atoms with Crippen molar-refractivity contribution in [1.29, 1.82) is 0 Å². The predicted molar refractivity (Wildman–Crippen MR) is 237 cm³/mol. The lowest BCUT2D eigenvalue weighted by molar-refractivity contribution is -0.384. The molecule has 0 saturated carbocycles. The fraction of sp³-hybridized carbons (Fsp3) is 0.295. The number of nitrogens with two attached hydrogens (primary N) is 1. The van der Waals surface area contributed by atoms with Gasteiger partial charge >= 0.3 is 5.69 Å². The van der Waals surface area contributed by atoms with Gasteiger partial charge in [-0.25, -0.2) is 13.6 Å². The lowest BCUT2D eigenvalue weighted by Gasteiger charge is -2.36. The van der Waals surface area contributed by atoms with E-state index < -0.39 is 42.5 Å². The molecule has 1 saturated heterocycles. The van der Waals surface area contributed by atoms with Gasteiger partial charge in [0.05, 0.1) is 10.5 Å². The third-order valence-electron chi connectivity index (χ3n) is 10.1. The molecule has 0 bridgehead atoms. The highest BCUT2D eigenvalue weighted by atomic mass is 35.5. The molecule has 0 aliphatic carbocycles. The molecule has 1 aliphatic rings. The van der Waals surface area contributed by atoms with Crippen LogP contribution in [0.5, 0.6) is 0 Å². The molecular weight excluding hydrogens is 808 g/mol. The van der Waals surface area contributed by atoms with Gasteiger partial charge in [-0.2, -0.15) is 0 Å². The number of hydrogen-bond donors (Lipinski definition) is 4. The van der Waals surface area contributed by atoms with Crippen molar-refractivity contribution in [2.24, 2.45) is 5.14 Å². The van der Waals surface area contributed by atoms with E-state index in [-0.39, 0.29) is 17.3 Å². The largest absolute Gasteiger partial charge is 0.389 e. The number of nitro benzene ring substituents is 1. The number of piperazine rings is 1. The molecule has 0 spiro atoms. The number of hydrogen-bond acceptors (Lipinski definition) is 11. The summed E-state index contributed by atoms with van der Waals surface area (Å²) in [4.78, 5) is 31.3. The van der Waals surface area contributed by atoms with E-state index in [9.17, 15) is 28.4 Å². The van der Waals surface area contributed by atoms with Crippen molar-refractivity contribution in [2.45, 2.75) is 48.2 Å². The maximum absolute atomic E-state index is 14.2. The van der Waals surface area contributed by atoms with Gasteiger partial charge in [0.2, 0.25) is 15.8 Å². The lowest BCUT2D eigenvalue weighted by Crippen LogP contribution is -2.46. The fourth-order valence-corrected chi connectivity index (χ4v) is 8.93. The maximum Gasteiger partial charge on any atom is 0.304 e. The molecule has 310 valence electrons. The van der Waals surface area contributed by atoms with Gasteiger partial charge in [0.25, 0.3) is 0 Å². The standard InChI is InChI=1S/C44H49ClN6O6S2/c1-44(2,53)30-47-23-22-35(29-58-37-9-4-3-5-10-37)48-39-20-21-40(59(46,56)57)41(42(39)51(54)55)43(52)32-14-18-36(19-15-32)50-26-24-49(25-27-50)28-33-8-6-7-11-38(33)31-12-16-34(45)17-13-31/h3-21,35,47-48,53H,22-30H2,1-2H3,(H2,46,56,57)/t35-/m1/s1. The number of rotatable bonds is 18. The van der Waals surface area contributed by atoms with Crippen LogP contribution in [0.3, 0.4) is 0 Å². The van der Waals surface area contributed by atoms with Gasteiger partial charge in [0.1, 0.15) is 16.1 Å². The number of benzene rings is 5. The SMILES string of the molecule is CC(C)(O)CNCC[C@H](CSc1ccccc1)Nc1ccc(S(N)(=O)=O)c(C(=O)c2ccc(N3CCN(Cc4ccccc4-c4ccc(Cl)cc4)CC3)cc2)c1[N+](=O)[O-]. The molecule has 0 radical (unpaired) electrons. The normalized spacial score (nSPS) is 14.2. The Morgan fingerprint density at radius 2 is 1.59 bits per heavy atom. The topological polar surface area (TPSA) is 171 Å². The maximum atomic E-state index is 14.2. The van der Waals surface area contributed by atoms with Crippen LogP contribution in [0.1, 0.15) is 41.8 Å². The average Bonchev–Trinajstić information content (AvgIpc) is 3.21. The second kappa shape index (κ2) is 19.5. The number of primary sulfonamides is 1. The molecule has 12 nitrogen and oxygen atoms in total. The summed E-state index contributed by atoms with van der Waals surface area (Å²) in [6, 6.07) is 34.6. The average molecular weight is 857 g/mol. The Morgan fingerprint density at radius 1 is 0.932 bits per heavy atom. The van der Waals surface area contributed by atoms with Crippen LogP contribution in [0, 0.1) is 10.1 Å². The minimum atomic E-state index is -4.55. The first kappa shape index (κ1) is 43.8. The molecule has 5 aromatic carbocycles. The van der Waals surface area contributed by atoms with Crippen LogP contribution in [0.25, 0.3) is 11.1 Å². The minimum Gasteiger partial charge on any atom is -0.389 e. The number of nitrogens with one attached hydrogen (secondary N) is 2. The summed E-state index contributed by atoms with van der Waals surface area (Å²) in [5, 5.41) is 35.7. The van der Waals surface area contributed by atoms with Crippen LogP contribution in [-0.2, 0) is 16.6 Å². The molecule has 1 aliphatic heterocycles. The van der Waals surface area contributed by atoms with E-state index in [1.165, 1.54) is 11.6 Å². The third kappa shape index (κ3) is 11.9. The number of sulfonamides is 1. The number of halogens is 1. The summed E-state index contributed by atoms with van der Waals surface area (Å²) in [6.45, 7) is 8.07. The van der Waals surface area contributed by atoms with Crippen molar-refractivity contribution >= 4 is 56.2 Å². The number of ketones is 1. The number of nitrogens with zero attached hydrogens (tertiary/aromatic N) is 3. The molecule has 0 aromatic heterocycles. The minimum absolute atomic E-state index is 0.00261. The number of carbonyl (C=O) groups is 1. The van der Waals surface area contributed by atoms with Crippen LogP contribution in [-0.4, -0.2) is 85.8 Å². The summed E-state index contributed by atoms with van der Waals surface area (Å²) >= 11 is 7.68. The molecule has 6 rings (SSSR count). The monoisotopic (exact) mass is 856 g/mol. The van der Waals surface area contributed by atoms with Crippen molar-refractivity contribution in [3.05, 3.63) is 147 Å². The Morgan fingerprint density at radius 3 is 2.24 bits per heavy atom. The van der Waals surface area contributed by atoms with Crippen molar-refractivity contribution in [3.63, 3.8) is 0 Å². The quantitative estimate of drug-likeness (QED) is 0.0227. The van der Waals surface area contributed by atoms with Gasteiger partial charge in [0.15, 0.2) is 0 Å². The lowest BCUT2D eigenvalue weighted by atomic mass is 9.99. The van der Waals surface area contributed by atoms with E-state index in [0.717, 1.165) is 60.5 Å². The Labute approximate surface area is 355 Å². The molecule has 15 heteroatoms. The second-order valence-corrected chi connectivity index (χ2v) is 18.2. The van der Waals surface area contributed by atoms with Crippen molar-refractivity contribution in [1.82, 2.24) is 10.2 Å². The number of anilines is 2.